The Bertz CT molecular complexity index is 520. The molecule has 1 aromatic heterocycles. The van der Waals surface area contributed by atoms with Crippen LogP contribution >= 0.6 is 0 Å². The van der Waals surface area contributed by atoms with Gasteiger partial charge in [-0.2, -0.15) is 0 Å². The summed E-state index contributed by atoms with van der Waals surface area (Å²) < 4.78 is 7.39. The number of hydrogen-bond donors (Lipinski definition) is 1. The van der Waals surface area contributed by atoms with Crippen molar-refractivity contribution in [2.75, 3.05) is 7.11 Å². The Balaban J connectivity index is 1.90. The van der Waals surface area contributed by atoms with Crippen LogP contribution in [0, 0.1) is 0 Å². The standard InChI is InChI=1S/C15H21N3O/c1-12(2)18-11-17-10-14(18)9-16-8-13-5-4-6-15(7-13)19-3/h4-7,10-12,16H,8-9H2,1-3H3. The molecule has 0 atom stereocenters. The van der Waals surface area contributed by atoms with Crippen LogP contribution in [0.15, 0.2) is 36.8 Å². The largest absolute Gasteiger partial charge is 0.497 e. The number of benzene rings is 1. The van der Waals surface area contributed by atoms with Crippen LogP contribution in [0.25, 0.3) is 0 Å². The lowest BCUT2D eigenvalue weighted by Gasteiger charge is -2.12. The molecule has 0 aliphatic carbocycles. The first-order valence-electron chi connectivity index (χ1n) is 6.55. The summed E-state index contributed by atoms with van der Waals surface area (Å²) in [6, 6.07) is 8.55. The summed E-state index contributed by atoms with van der Waals surface area (Å²) in [6.45, 7) is 5.95. The second-order valence-corrected chi connectivity index (χ2v) is 4.84. The lowest BCUT2D eigenvalue weighted by Crippen LogP contribution is -2.16. The Morgan fingerprint density at radius 2 is 2.16 bits per heavy atom. The van der Waals surface area contributed by atoms with Crippen LogP contribution < -0.4 is 10.1 Å². The van der Waals surface area contributed by atoms with E-state index in [4.69, 9.17) is 4.74 Å². The van der Waals surface area contributed by atoms with Gasteiger partial charge in [0.15, 0.2) is 0 Å². The van der Waals surface area contributed by atoms with Crippen molar-refractivity contribution in [3.05, 3.63) is 48.0 Å². The van der Waals surface area contributed by atoms with E-state index in [1.54, 1.807) is 7.11 Å². The van der Waals surface area contributed by atoms with Crippen molar-refractivity contribution >= 4 is 0 Å². The highest BCUT2D eigenvalue weighted by atomic mass is 16.5. The van der Waals surface area contributed by atoms with E-state index in [-0.39, 0.29) is 0 Å². The number of nitrogens with one attached hydrogen (secondary N) is 1. The second kappa shape index (κ2) is 6.38. The summed E-state index contributed by atoms with van der Waals surface area (Å²) in [5, 5.41) is 3.43. The normalized spacial score (nSPS) is 10.9. The van der Waals surface area contributed by atoms with E-state index in [1.165, 1.54) is 11.3 Å². The molecule has 0 amide bonds. The van der Waals surface area contributed by atoms with Crippen molar-refractivity contribution in [1.82, 2.24) is 14.9 Å². The Kier molecular flexibility index (Phi) is 4.58. The van der Waals surface area contributed by atoms with E-state index in [9.17, 15) is 0 Å². The van der Waals surface area contributed by atoms with Gasteiger partial charge in [-0.05, 0) is 31.5 Å². The van der Waals surface area contributed by atoms with Gasteiger partial charge in [0, 0.05) is 25.3 Å². The van der Waals surface area contributed by atoms with Crippen molar-refractivity contribution in [2.24, 2.45) is 0 Å². The van der Waals surface area contributed by atoms with Crippen LogP contribution in [0.1, 0.15) is 31.1 Å². The molecule has 1 heterocycles. The van der Waals surface area contributed by atoms with Gasteiger partial charge in [-0.1, -0.05) is 12.1 Å². The smallest absolute Gasteiger partial charge is 0.119 e. The molecule has 4 nitrogen and oxygen atoms in total. The summed E-state index contributed by atoms with van der Waals surface area (Å²) in [5.41, 5.74) is 2.42. The van der Waals surface area contributed by atoms with Crippen LogP contribution in [0.5, 0.6) is 5.75 Å². The summed E-state index contributed by atoms with van der Waals surface area (Å²) in [4.78, 5) is 4.20. The topological polar surface area (TPSA) is 39.1 Å². The van der Waals surface area contributed by atoms with Gasteiger partial charge in [0.2, 0.25) is 0 Å². The third-order valence-electron chi connectivity index (χ3n) is 3.07. The number of imidazole rings is 1. The third kappa shape index (κ3) is 3.58. The van der Waals surface area contributed by atoms with Crippen LogP contribution in [0.2, 0.25) is 0 Å². The van der Waals surface area contributed by atoms with E-state index in [1.807, 2.05) is 30.7 Å². The lowest BCUT2D eigenvalue weighted by atomic mass is 10.2. The summed E-state index contributed by atoms with van der Waals surface area (Å²) in [6.07, 6.45) is 3.80. The highest BCUT2D eigenvalue weighted by Crippen LogP contribution is 2.13. The second-order valence-electron chi connectivity index (χ2n) is 4.84. The van der Waals surface area contributed by atoms with Crippen molar-refractivity contribution in [1.29, 1.82) is 0 Å². The first-order chi connectivity index (χ1) is 9.20. The molecule has 102 valence electrons. The molecule has 2 rings (SSSR count). The summed E-state index contributed by atoms with van der Waals surface area (Å²) in [7, 11) is 1.69. The van der Waals surface area contributed by atoms with E-state index in [2.05, 4.69) is 34.8 Å². The van der Waals surface area contributed by atoms with Gasteiger partial charge in [0.1, 0.15) is 5.75 Å². The van der Waals surface area contributed by atoms with Crippen molar-refractivity contribution in [3.63, 3.8) is 0 Å². The molecule has 0 unspecified atom stereocenters. The molecule has 0 aliphatic heterocycles. The molecule has 1 aromatic carbocycles. The molecular weight excluding hydrogens is 238 g/mol. The molecule has 0 spiro atoms. The molecule has 19 heavy (non-hydrogen) atoms. The maximum Gasteiger partial charge on any atom is 0.119 e. The SMILES string of the molecule is COc1cccc(CNCc2cncn2C(C)C)c1. The molecule has 0 bridgehead atoms. The number of rotatable bonds is 6. The molecule has 0 saturated heterocycles. The average molecular weight is 259 g/mol. The average Bonchev–Trinajstić information content (AvgIpc) is 2.87. The Morgan fingerprint density at radius 3 is 2.89 bits per heavy atom. The zero-order valence-electron chi connectivity index (χ0n) is 11.8. The molecule has 0 radical (unpaired) electrons. The third-order valence-corrected chi connectivity index (χ3v) is 3.07. The highest BCUT2D eigenvalue weighted by Gasteiger charge is 2.04. The number of hydrogen-bond acceptors (Lipinski definition) is 3. The van der Waals surface area contributed by atoms with E-state index < -0.39 is 0 Å². The van der Waals surface area contributed by atoms with Gasteiger partial charge >= 0.3 is 0 Å². The predicted octanol–water partition coefficient (Wildman–Crippen LogP) is 2.76. The Morgan fingerprint density at radius 1 is 1.32 bits per heavy atom. The first kappa shape index (κ1) is 13.6. The van der Waals surface area contributed by atoms with E-state index in [0.717, 1.165) is 18.8 Å². The molecule has 0 saturated carbocycles. The maximum absolute atomic E-state index is 5.22. The fourth-order valence-corrected chi connectivity index (χ4v) is 2.05. The minimum Gasteiger partial charge on any atom is -0.497 e. The van der Waals surface area contributed by atoms with Gasteiger partial charge in [0.05, 0.1) is 19.1 Å². The Labute approximate surface area is 114 Å². The first-order valence-corrected chi connectivity index (χ1v) is 6.55. The molecular formula is C15H21N3O. The highest BCUT2D eigenvalue weighted by molar-refractivity contribution is 5.28. The monoisotopic (exact) mass is 259 g/mol. The number of methoxy groups -OCH3 is 1. The fourth-order valence-electron chi connectivity index (χ4n) is 2.05. The van der Waals surface area contributed by atoms with Crippen LogP contribution in [-0.4, -0.2) is 16.7 Å². The van der Waals surface area contributed by atoms with Gasteiger partial charge in [0.25, 0.3) is 0 Å². The quantitative estimate of drug-likeness (QED) is 0.867. The molecule has 0 aliphatic rings. The number of ether oxygens (including phenoxy) is 1. The zero-order chi connectivity index (χ0) is 13.7. The van der Waals surface area contributed by atoms with E-state index >= 15 is 0 Å². The lowest BCUT2D eigenvalue weighted by molar-refractivity contribution is 0.414. The zero-order valence-corrected chi connectivity index (χ0v) is 11.8. The van der Waals surface area contributed by atoms with Crippen LogP contribution in [0.4, 0.5) is 0 Å². The Hall–Kier alpha value is -1.81. The maximum atomic E-state index is 5.22. The predicted molar refractivity (Wildman–Crippen MR) is 76.1 cm³/mol. The molecule has 2 aromatic rings. The van der Waals surface area contributed by atoms with Gasteiger partial charge in [-0.15, -0.1) is 0 Å². The van der Waals surface area contributed by atoms with E-state index in [0.29, 0.717) is 6.04 Å². The van der Waals surface area contributed by atoms with Crippen LogP contribution in [0.3, 0.4) is 0 Å². The molecule has 1 N–H and O–H groups in total. The van der Waals surface area contributed by atoms with Gasteiger partial charge in [-0.25, -0.2) is 4.98 Å². The minimum absolute atomic E-state index is 0.441. The fraction of sp³-hybridized carbons (Fsp3) is 0.400. The van der Waals surface area contributed by atoms with Crippen molar-refractivity contribution in [3.8, 4) is 5.75 Å². The molecule has 0 fully saturated rings. The summed E-state index contributed by atoms with van der Waals surface area (Å²) >= 11 is 0. The van der Waals surface area contributed by atoms with Gasteiger partial charge < -0.3 is 14.6 Å². The number of nitrogens with zero attached hydrogens (tertiary/aromatic N) is 2. The summed E-state index contributed by atoms with van der Waals surface area (Å²) in [5.74, 6) is 0.895. The van der Waals surface area contributed by atoms with Crippen molar-refractivity contribution in [2.45, 2.75) is 33.0 Å². The molecule has 4 heteroatoms. The van der Waals surface area contributed by atoms with Crippen LogP contribution in [-0.2, 0) is 13.1 Å². The van der Waals surface area contributed by atoms with Crippen molar-refractivity contribution < 1.29 is 4.74 Å². The minimum atomic E-state index is 0.441. The number of aromatic nitrogens is 2. The van der Waals surface area contributed by atoms with Gasteiger partial charge in [-0.3, -0.25) is 0 Å².